The van der Waals surface area contributed by atoms with Crippen molar-refractivity contribution in [2.45, 2.75) is 50.7 Å². The highest BCUT2D eigenvalue weighted by molar-refractivity contribution is 6.09. The Morgan fingerprint density at radius 2 is 1.75 bits per heavy atom. The van der Waals surface area contributed by atoms with Crippen LogP contribution in [0.2, 0.25) is 0 Å². The predicted octanol–water partition coefficient (Wildman–Crippen LogP) is 4.89. The number of hydrogen-bond donors (Lipinski definition) is 2. The van der Waals surface area contributed by atoms with Crippen molar-refractivity contribution >= 4 is 17.6 Å². The van der Waals surface area contributed by atoms with Crippen LogP contribution >= 0.6 is 0 Å². The Labute approximate surface area is 232 Å². The molecule has 0 saturated heterocycles. The molecule has 0 spiro atoms. The van der Waals surface area contributed by atoms with E-state index in [4.69, 9.17) is 4.74 Å². The van der Waals surface area contributed by atoms with E-state index in [0.717, 1.165) is 44.3 Å². The van der Waals surface area contributed by atoms with Gasteiger partial charge in [-0.05, 0) is 66.4 Å². The Morgan fingerprint density at radius 1 is 1.05 bits per heavy atom. The molecule has 1 aromatic heterocycles. The van der Waals surface area contributed by atoms with Crippen molar-refractivity contribution in [1.29, 1.82) is 0 Å². The smallest absolute Gasteiger partial charge is 0.247 e. The number of ether oxygens (including phenoxy) is 1. The zero-order valence-electron chi connectivity index (χ0n) is 22.3. The number of aromatic nitrogens is 1. The number of carbonyl (C=O) groups excluding carboxylic acids is 3. The van der Waals surface area contributed by atoms with Gasteiger partial charge in [-0.2, -0.15) is 0 Å². The normalized spacial score (nSPS) is 14.4. The van der Waals surface area contributed by atoms with E-state index >= 15 is 0 Å². The molecule has 2 N–H and O–H groups in total. The van der Waals surface area contributed by atoms with Crippen LogP contribution in [0, 0.1) is 5.82 Å². The molecule has 0 bridgehead atoms. The van der Waals surface area contributed by atoms with Gasteiger partial charge in [0.1, 0.15) is 23.4 Å². The number of halogens is 1. The van der Waals surface area contributed by atoms with Crippen LogP contribution in [0.15, 0.2) is 79.1 Å². The summed E-state index contributed by atoms with van der Waals surface area (Å²) in [5.41, 5.74) is 1.15. The van der Waals surface area contributed by atoms with Crippen LogP contribution in [-0.2, 0) is 16.1 Å². The van der Waals surface area contributed by atoms with E-state index in [2.05, 4.69) is 10.3 Å². The van der Waals surface area contributed by atoms with Gasteiger partial charge >= 0.3 is 0 Å². The van der Waals surface area contributed by atoms with Gasteiger partial charge in [-0.3, -0.25) is 19.4 Å². The summed E-state index contributed by atoms with van der Waals surface area (Å²) >= 11 is 0. The lowest BCUT2D eigenvalue weighted by atomic mass is 9.94. The molecular weight excluding hydrogens is 513 g/mol. The van der Waals surface area contributed by atoms with Crippen LogP contribution in [0.3, 0.4) is 0 Å². The molecule has 0 radical (unpaired) electrons. The molecule has 2 aromatic carbocycles. The number of aromatic hydroxyl groups is 1. The molecule has 208 valence electrons. The highest BCUT2D eigenvalue weighted by atomic mass is 19.1. The van der Waals surface area contributed by atoms with Gasteiger partial charge < -0.3 is 20.1 Å². The molecule has 3 aromatic rings. The second-order valence-corrected chi connectivity index (χ2v) is 9.70. The fraction of sp³-hybridized carbons (Fsp3) is 0.290. The largest absolute Gasteiger partial charge is 0.507 e. The molecular formula is C31H32FN3O5. The van der Waals surface area contributed by atoms with E-state index in [1.54, 1.807) is 36.7 Å². The molecule has 9 heteroatoms. The summed E-state index contributed by atoms with van der Waals surface area (Å²) in [5.74, 6) is -1.88. The number of allylic oxidation sites excluding steroid dienone is 1. The molecule has 0 unspecified atom stereocenters. The fourth-order valence-corrected chi connectivity index (χ4v) is 4.81. The van der Waals surface area contributed by atoms with Crippen LogP contribution in [0.4, 0.5) is 4.39 Å². The van der Waals surface area contributed by atoms with Crippen LogP contribution in [0.25, 0.3) is 0 Å². The Kier molecular flexibility index (Phi) is 9.62. The number of hydrogen-bond acceptors (Lipinski definition) is 6. The number of amides is 2. The lowest BCUT2D eigenvalue weighted by molar-refractivity contribution is -0.138. The summed E-state index contributed by atoms with van der Waals surface area (Å²) in [6.45, 7) is -0.0174. The first-order valence-corrected chi connectivity index (χ1v) is 13.2. The third-order valence-electron chi connectivity index (χ3n) is 6.93. The highest BCUT2D eigenvalue weighted by Gasteiger charge is 2.32. The maximum Gasteiger partial charge on any atom is 0.247 e. The average molecular weight is 546 g/mol. The minimum atomic E-state index is -1.03. The van der Waals surface area contributed by atoms with Gasteiger partial charge in [-0.1, -0.05) is 31.4 Å². The first kappa shape index (κ1) is 28.5. The number of phenols is 1. The van der Waals surface area contributed by atoms with E-state index in [1.165, 1.54) is 42.3 Å². The minimum Gasteiger partial charge on any atom is -0.507 e. The molecule has 1 aliphatic carbocycles. The van der Waals surface area contributed by atoms with Crippen molar-refractivity contribution in [3.8, 4) is 11.5 Å². The number of ketones is 1. The number of phenolic OH excluding ortho intramolecular Hbond substituents is 1. The zero-order chi connectivity index (χ0) is 28.5. The third kappa shape index (κ3) is 7.31. The minimum absolute atomic E-state index is 0.00327. The van der Waals surface area contributed by atoms with E-state index < -0.39 is 23.5 Å². The second-order valence-electron chi connectivity index (χ2n) is 9.70. The standard InChI is InChI=1S/C31H32FN3O5/c1-40-25-11-12-26(28(37)19-25)27(36)13-14-29(38)35(20-21-7-9-23(32)10-8-21)30(22-15-17-33-18-16-22)31(39)34-24-5-3-2-4-6-24/h7-19,24,30,37H,2-6,20H2,1H3,(H,34,39)/b14-13+/t30-/m1/s1. The topological polar surface area (TPSA) is 109 Å². The summed E-state index contributed by atoms with van der Waals surface area (Å²) in [6, 6.07) is 12.2. The summed E-state index contributed by atoms with van der Waals surface area (Å²) in [5, 5.41) is 13.3. The molecule has 1 fully saturated rings. The fourth-order valence-electron chi connectivity index (χ4n) is 4.81. The molecule has 0 aliphatic heterocycles. The van der Waals surface area contributed by atoms with Gasteiger partial charge in [0.2, 0.25) is 11.8 Å². The Hall–Kier alpha value is -4.53. The highest BCUT2D eigenvalue weighted by Crippen LogP contribution is 2.27. The number of pyridine rings is 1. The first-order valence-electron chi connectivity index (χ1n) is 13.2. The van der Waals surface area contributed by atoms with E-state index in [1.807, 2.05) is 0 Å². The number of carbonyl (C=O) groups is 3. The molecule has 4 rings (SSSR count). The van der Waals surface area contributed by atoms with Crippen molar-refractivity contribution in [2.24, 2.45) is 0 Å². The zero-order valence-corrected chi connectivity index (χ0v) is 22.3. The molecule has 1 saturated carbocycles. The molecule has 1 aliphatic rings. The third-order valence-corrected chi connectivity index (χ3v) is 6.93. The molecule has 1 atom stereocenters. The predicted molar refractivity (Wildman–Crippen MR) is 147 cm³/mol. The second kappa shape index (κ2) is 13.5. The summed E-state index contributed by atoms with van der Waals surface area (Å²) < 4.78 is 18.7. The lowest BCUT2D eigenvalue weighted by Crippen LogP contribution is -2.46. The van der Waals surface area contributed by atoms with Gasteiger partial charge in [-0.25, -0.2) is 4.39 Å². The van der Waals surface area contributed by atoms with E-state index in [9.17, 15) is 23.9 Å². The van der Waals surface area contributed by atoms with Crippen molar-refractivity contribution < 1.29 is 28.6 Å². The Bertz CT molecular complexity index is 1360. The van der Waals surface area contributed by atoms with Crippen LogP contribution < -0.4 is 10.1 Å². The first-order chi connectivity index (χ1) is 19.4. The molecule has 1 heterocycles. The van der Waals surface area contributed by atoms with Gasteiger partial charge in [0.05, 0.1) is 12.7 Å². The van der Waals surface area contributed by atoms with Crippen LogP contribution in [0.1, 0.15) is 59.6 Å². The van der Waals surface area contributed by atoms with Crippen LogP contribution in [-0.4, -0.2) is 45.7 Å². The lowest BCUT2D eigenvalue weighted by Gasteiger charge is -2.33. The van der Waals surface area contributed by atoms with Gasteiger partial charge in [0, 0.05) is 37.1 Å². The molecule has 8 nitrogen and oxygen atoms in total. The van der Waals surface area contributed by atoms with Gasteiger partial charge in [0.25, 0.3) is 0 Å². The number of nitrogens with zero attached hydrogens (tertiary/aromatic N) is 2. The SMILES string of the molecule is COc1ccc(C(=O)/C=C/C(=O)N(Cc2ccc(F)cc2)[C@@H](C(=O)NC2CCCCC2)c2ccncc2)c(O)c1. The van der Waals surface area contributed by atoms with Crippen LogP contribution in [0.5, 0.6) is 11.5 Å². The Morgan fingerprint density at radius 3 is 2.40 bits per heavy atom. The summed E-state index contributed by atoms with van der Waals surface area (Å²) in [6.07, 6.45) is 10.1. The Balaban J connectivity index is 1.66. The summed E-state index contributed by atoms with van der Waals surface area (Å²) in [4.78, 5) is 45.7. The van der Waals surface area contributed by atoms with E-state index in [0.29, 0.717) is 16.9 Å². The quantitative estimate of drug-likeness (QED) is 0.277. The van der Waals surface area contributed by atoms with E-state index in [-0.39, 0.29) is 29.8 Å². The van der Waals surface area contributed by atoms with Crippen molar-refractivity contribution in [2.75, 3.05) is 7.11 Å². The van der Waals surface area contributed by atoms with Crippen molar-refractivity contribution in [3.63, 3.8) is 0 Å². The average Bonchev–Trinajstić information content (AvgIpc) is 2.97. The van der Waals surface area contributed by atoms with Gasteiger partial charge in [0.15, 0.2) is 5.78 Å². The number of rotatable bonds is 10. The maximum absolute atomic E-state index is 13.7. The number of nitrogens with one attached hydrogen (secondary N) is 1. The maximum atomic E-state index is 13.7. The van der Waals surface area contributed by atoms with Crippen molar-refractivity contribution in [1.82, 2.24) is 15.2 Å². The molecule has 2 amide bonds. The monoisotopic (exact) mass is 545 g/mol. The number of methoxy groups -OCH3 is 1. The molecule has 40 heavy (non-hydrogen) atoms. The van der Waals surface area contributed by atoms with Gasteiger partial charge in [-0.15, -0.1) is 0 Å². The number of benzene rings is 2. The van der Waals surface area contributed by atoms with Crippen molar-refractivity contribution in [3.05, 3.63) is 102 Å². The summed E-state index contributed by atoms with van der Waals surface area (Å²) in [7, 11) is 1.44.